The van der Waals surface area contributed by atoms with E-state index in [1.807, 2.05) is 6.92 Å². The molecule has 0 aliphatic heterocycles. The Bertz CT molecular complexity index is 999. The van der Waals surface area contributed by atoms with Gasteiger partial charge in [0.25, 0.3) is 11.8 Å². The number of aromatic nitrogens is 1. The molecule has 0 aliphatic rings. The molecule has 2 N–H and O–H groups in total. The molecule has 3 rings (SSSR count). The zero-order valence-electron chi connectivity index (χ0n) is 16.1. The number of amides is 2. The van der Waals surface area contributed by atoms with E-state index in [4.69, 9.17) is 13.7 Å². The van der Waals surface area contributed by atoms with Crippen LogP contribution in [0.25, 0.3) is 0 Å². The molecule has 2 aromatic heterocycles. The fraction of sp³-hybridized carbons (Fsp3) is 0.250. The molecule has 0 aliphatic carbocycles. The SMILES string of the molecule is Cc1cc(C(=O)NNC(=O)c2ccccc2OCc2c(C)noc2C)c(C)o1. The Hall–Kier alpha value is -3.55. The van der Waals surface area contributed by atoms with E-state index in [1.165, 1.54) is 0 Å². The first-order valence-electron chi connectivity index (χ1n) is 8.68. The molecule has 8 nitrogen and oxygen atoms in total. The van der Waals surface area contributed by atoms with Crippen molar-refractivity contribution in [1.82, 2.24) is 16.0 Å². The van der Waals surface area contributed by atoms with Crippen molar-refractivity contribution in [2.45, 2.75) is 34.3 Å². The van der Waals surface area contributed by atoms with E-state index in [0.717, 1.165) is 11.3 Å². The summed E-state index contributed by atoms with van der Waals surface area (Å²) in [7, 11) is 0. The lowest BCUT2D eigenvalue weighted by molar-refractivity contribution is 0.0843. The van der Waals surface area contributed by atoms with Crippen LogP contribution < -0.4 is 15.6 Å². The third-order valence-electron chi connectivity index (χ3n) is 4.26. The van der Waals surface area contributed by atoms with Gasteiger partial charge in [0.05, 0.1) is 22.4 Å². The largest absolute Gasteiger partial charge is 0.488 e. The number of ether oxygens (including phenoxy) is 1. The van der Waals surface area contributed by atoms with Crippen molar-refractivity contribution >= 4 is 11.8 Å². The number of hydrogen-bond donors (Lipinski definition) is 2. The minimum atomic E-state index is -0.499. The average molecular weight is 383 g/mol. The molecule has 0 unspecified atom stereocenters. The zero-order chi connectivity index (χ0) is 20.3. The highest BCUT2D eigenvalue weighted by Crippen LogP contribution is 2.21. The highest BCUT2D eigenvalue weighted by atomic mass is 16.5. The van der Waals surface area contributed by atoms with Gasteiger partial charge in [-0.15, -0.1) is 0 Å². The van der Waals surface area contributed by atoms with Crippen LogP contribution in [0.5, 0.6) is 5.75 Å². The first kappa shape index (κ1) is 19.2. The first-order valence-corrected chi connectivity index (χ1v) is 8.68. The van der Waals surface area contributed by atoms with E-state index in [1.54, 1.807) is 51.1 Å². The maximum Gasteiger partial charge on any atom is 0.273 e. The maximum absolute atomic E-state index is 12.5. The summed E-state index contributed by atoms with van der Waals surface area (Å²) in [6.07, 6.45) is 0. The van der Waals surface area contributed by atoms with Crippen LogP contribution in [0.4, 0.5) is 0 Å². The Balaban J connectivity index is 1.67. The van der Waals surface area contributed by atoms with E-state index in [0.29, 0.717) is 28.6 Å². The molecule has 2 amide bonds. The van der Waals surface area contributed by atoms with Crippen LogP contribution in [0.2, 0.25) is 0 Å². The number of para-hydroxylation sites is 1. The minimum Gasteiger partial charge on any atom is -0.488 e. The molecule has 28 heavy (non-hydrogen) atoms. The number of carbonyl (C=O) groups excluding carboxylic acids is 2. The highest BCUT2D eigenvalue weighted by Gasteiger charge is 2.17. The molecule has 1 aromatic carbocycles. The number of nitrogens with zero attached hydrogens (tertiary/aromatic N) is 1. The monoisotopic (exact) mass is 383 g/mol. The Morgan fingerprint density at radius 2 is 1.68 bits per heavy atom. The molecule has 3 aromatic rings. The van der Waals surface area contributed by atoms with Crippen LogP contribution in [0.1, 0.15) is 49.3 Å². The summed E-state index contributed by atoms with van der Waals surface area (Å²) in [4.78, 5) is 24.7. The number of nitrogens with one attached hydrogen (secondary N) is 2. The van der Waals surface area contributed by atoms with Gasteiger partial charge in [0.15, 0.2) is 0 Å². The van der Waals surface area contributed by atoms with E-state index in [9.17, 15) is 9.59 Å². The second-order valence-corrected chi connectivity index (χ2v) is 6.32. The predicted molar refractivity (Wildman–Crippen MR) is 99.9 cm³/mol. The van der Waals surface area contributed by atoms with E-state index in [-0.39, 0.29) is 12.2 Å². The smallest absolute Gasteiger partial charge is 0.273 e. The third kappa shape index (κ3) is 4.06. The second kappa shape index (κ2) is 7.99. The van der Waals surface area contributed by atoms with Crippen molar-refractivity contribution < 1.29 is 23.3 Å². The Labute approximate surface area is 161 Å². The normalized spacial score (nSPS) is 10.6. The van der Waals surface area contributed by atoms with Crippen molar-refractivity contribution in [3.8, 4) is 5.75 Å². The van der Waals surface area contributed by atoms with Gasteiger partial charge in [-0.2, -0.15) is 0 Å². The molecule has 146 valence electrons. The number of furan rings is 1. The molecule has 0 bridgehead atoms. The molecule has 0 radical (unpaired) electrons. The lowest BCUT2D eigenvalue weighted by Gasteiger charge is -2.12. The standard InChI is InChI=1S/C20H21N3O5/c1-11-9-16(13(3)27-11)20(25)22-21-19(24)15-7-5-6-8-18(15)26-10-17-12(2)23-28-14(17)4/h5-9H,10H2,1-4H3,(H,21,24)(H,22,25). The quantitative estimate of drug-likeness (QED) is 0.656. The first-order chi connectivity index (χ1) is 13.4. The molecular formula is C20H21N3O5. The number of hydrazine groups is 1. The van der Waals surface area contributed by atoms with Crippen molar-refractivity contribution in [3.05, 3.63) is 70.0 Å². The topological polar surface area (TPSA) is 107 Å². The van der Waals surface area contributed by atoms with Gasteiger partial charge in [0.2, 0.25) is 0 Å². The molecule has 2 heterocycles. The molecular weight excluding hydrogens is 362 g/mol. The van der Waals surface area contributed by atoms with Gasteiger partial charge in [-0.05, 0) is 45.9 Å². The van der Waals surface area contributed by atoms with E-state index >= 15 is 0 Å². The van der Waals surface area contributed by atoms with Gasteiger partial charge in [0, 0.05) is 0 Å². The number of aryl methyl sites for hydroxylation is 4. The third-order valence-corrected chi connectivity index (χ3v) is 4.26. The van der Waals surface area contributed by atoms with Crippen LogP contribution >= 0.6 is 0 Å². The molecule has 0 atom stereocenters. The van der Waals surface area contributed by atoms with Gasteiger partial charge >= 0.3 is 0 Å². The van der Waals surface area contributed by atoms with Crippen LogP contribution in [-0.4, -0.2) is 17.0 Å². The van der Waals surface area contributed by atoms with Crippen molar-refractivity contribution in [2.24, 2.45) is 0 Å². The Kier molecular flexibility index (Phi) is 5.49. The van der Waals surface area contributed by atoms with Gasteiger partial charge < -0.3 is 13.7 Å². The Morgan fingerprint density at radius 3 is 2.29 bits per heavy atom. The van der Waals surface area contributed by atoms with Gasteiger partial charge in [-0.1, -0.05) is 17.3 Å². The molecule has 0 saturated heterocycles. The van der Waals surface area contributed by atoms with Gasteiger partial charge in [0.1, 0.15) is 29.6 Å². The minimum absolute atomic E-state index is 0.214. The van der Waals surface area contributed by atoms with Crippen LogP contribution in [0.3, 0.4) is 0 Å². The molecule has 8 heteroatoms. The van der Waals surface area contributed by atoms with Gasteiger partial charge in [-0.25, -0.2) is 0 Å². The summed E-state index contributed by atoms with van der Waals surface area (Å²) in [6, 6.07) is 8.37. The van der Waals surface area contributed by atoms with Gasteiger partial charge in [-0.3, -0.25) is 20.4 Å². The fourth-order valence-electron chi connectivity index (χ4n) is 2.74. The summed E-state index contributed by atoms with van der Waals surface area (Å²) in [5, 5.41) is 3.88. The summed E-state index contributed by atoms with van der Waals surface area (Å²) in [5.74, 6) is 1.18. The van der Waals surface area contributed by atoms with Crippen molar-refractivity contribution in [2.75, 3.05) is 0 Å². The molecule has 0 fully saturated rings. The van der Waals surface area contributed by atoms with Crippen molar-refractivity contribution in [1.29, 1.82) is 0 Å². The van der Waals surface area contributed by atoms with E-state index in [2.05, 4.69) is 16.0 Å². The molecule has 0 spiro atoms. The summed E-state index contributed by atoms with van der Waals surface area (Å²) in [5.41, 5.74) is 7.00. The lowest BCUT2D eigenvalue weighted by Crippen LogP contribution is -2.41. The van der Waals surface area contributed by atoms with Crippen LogP contribution in [0, 0.1) is 27.7 Å². The predicted octanol–water partition coefficient (Wildman–Crippen LogP) is 3.16. The van der Waals surface area contributed by atoms with Crippen LogP contribution in [0.15, 0.2) is 39.3 Å². The number of benzene rings is 1. The maximum atomic E-state index is 12.5. The summed E-state index contributed by atoms with van der Waals surface area (Å²) < 4.78 is 16.2. The highest BCUT2D eigenvalue weighted by molar-refractivity contribution is 6.00. The number of rotatable bonds is 5. The fourth-order valence-corrected chi connectivity index (χ4v) is 2.74. The van der Waals surface area contributed by atoms with Crippen LogP contribution in [-0.2, 0) is 6.61 Å². The summed E-state index contributed by atoms with van der Waals surface area (Å²) >= 11 is 0. The zero-order valence-corrected chi connectivity index (χ0v) is 16.1. The van der Waals surface area contributed by atoms with E-state index < -0.39 is 11.8 Å². The number of carbonyl (C=O) groups is 2. The average Bonchev–Trinajstić information content (AvgIpc) is 3.18. The molecule has 0 saturated carbocycles. The number of hydrogen-bond acceptors (Lipinski definition) is 6. The Morgan fingerprint density at radius 1 is 1.00 bits per heavy atom. The summed E-state index contributed by atoms with van der Waals surface area (Å²) in [6.45, 7) is 7.26. The lowest BCUT2D eigenvalue weighted by atomic mass is 10.2. The second-order valence-electron chi connectivity index (χ2n) is 6.32. The van der Waals surface area contributed by atoms with Crippen molar-refractivity contribution in [3.63, 3.8) is 0 Å².